The van der Waals surface area contributed by atoms with E-state index in [9.17, 15) is 22.8 Å². The predicted molar refractivity (Wildman–Crippen MR) is 107 cm³/mol. The van der Waals surface area contributed by atoms with E-state index in [1.807, 2.05) is 0 Å². The highest BCUT2D eigenvalue weighted by Gasteiger charge is 2.31. The second kappa shape index (κ2) is 8.23. The quantitative estimate of drug-likeness (QED) is 0.633. The van der Waals surface area contributed by atoms with Gasteiger partial charge < -0.3 is 14.5 Å². The van der Waals surface area contributed by atoms with Crippen molar-refractivity contribution >= 4 is 33.0 Å². The largest absolute Gasteiger partial charge is 0.467 e. The summed E-state index contributed by atoms with van der Waals surface area (Å²) in [4.78, 5) is 36.2. The molecule has 1 amide bonds. The second-order valence-corrected chi connectivity index (χ2v) is 9.61. The lowest BCUT2D eigenvalue weighted by Crippen LogP contribution is -2.50. The van der Waals surface area contributed by atoms with Crippen molar-refractivity contribution in [3.8, 4) is 0 Å². The maximum absolute atomic E-state index is 12.7. The van der Waals surface area contributed by atoms with Gasteiger partial charge in [0.05, 0.1) is 17.5 Å². The van der Waals surface area contributed by atoms with Gasteiger partial charge in [0.2, 0.25) is 15.9 Å². The molecule has 0 spiro atoms. The number of methoxy groups -OCH3 is 1. The van der Waals surface area contributed by atoms with Crippen molar-refractivity contribution in [1.82, 2.24) is 14.2 Å². The molecule has 3 rings (SSSR count). The van der Waals surface area contributed by atoms with Crippen LogP contribution >= 0.6 is 0 Å². The second-order valence-electron chi connectivity index (χ2n) is 7.68. The number of fused-ring (bicyclic) bond motifs is 1. The molecule has 0 atom stereocenters. The first-order chi connectivity index (χ1) is 14.1. The fourth-order valence-corrected chi connectivity index (χ4v) is 4.96. The third-order valence-corrected chi connectivity index (χ3v) is 6.95. The number of rotatable bonds is 7. The molecule has 0 aliphatic carbocycles. The van der Waals surface area contributed by atoms with Gasteiger partial charge in [-0.15, -0.1) is 0 Å². The molecule has 2 aromatic rings. The molecule has 1 N–H and O–H groups in total. The van der Waals surface area contributed by atoms with E-state index in [1.54, 1.807) is 0 Å². The molecule has 0 radical (unpaired) electrons. The highest BCUT2D eigenvalue weighted by molar-refractivity contribution is 7.89. The number of nitrogens with zero attached hydrogens (tertiary/aromatic N) is 2. The number of aryl methyl sites for hydroxylation is 1. The molecule has 11 heteroatoms. The summed E-state index contributed by atoms with van der Waals surface area (Å²) in [5.41, 5.74) is -0.676. The van der Waals surface area contributed by atoms with Crippen molar-refractivity contribution in [2.45, 2.75) is 50.1 Å². The molecule has 2 heterocycles. The Morgan fingerprint density at radius 1 is 1.23 bits per heavy atom. The molecule has 1 aromatic heterocycles. The monoisotopic (exact) mass is 439 g/mol. The van der Waals surface area contributed by atoms with Crippen LogP contribution in [0.15, 0.2) is 32.3 Å². The smallest absolute Gasteiger partial charge is 0.419 e. The normalized spacial score (nSPS) is 15.4. The Kier molecular flexibility index (Phi) is 6.04. The molecule has 1 aliphatic rings. The van der Waals surface area contributed by atoms with E-state index in [0.717, 1.165) is 12.8 Å². The maximum Gasteiger partial charge on any atom is 0.419 e. The van der Waals surface area contributed by atoms with E-state index >= 15 is 0 Å². The number of aromatic nitrogens is 1. The molecule has 1 aromatic carbocycles. The van der Waals surface area contributed by atoms with Crippen LogP contribution in [0.1, 0.15) is 33.1 Å². The Hall–Kier alpha value is -2.66. The maximum atomic E-state index is 12.7. The number of hydrogen-bond acceptors (Lipinski definition) is 7. The average molecular weight is 439 g/mol. The minimum Gasteiger partial charge on any atom is -0.467 e. The standard InChI is InChI=1S/C19H25N3O7S/c1-19(2,17(24)28-3)20-16(23)8-11-22-14-7-6-13(12-15(14)29-18(22)25)30(26,27)21-9-4-5-10-21/h6-7,12H,4-5,8-11H2,1-3H3,(H,20,23). The van der Waals surface area contributed by atoms with E-state index < -0.39 is 33.2 Å². The number of amides is 1. The SMILES string of the molecule is COC(=O)C(C)(C)NC(=O)CCn1c(=O)oc2cc(S(=O)(=O)N3CCCC3)ccc21. The molecule has 1 aliphatic heterocycles. The van der Waals surface area contributed by atoms with E-state index in [0.29, 0.717) is 18.6 Å². The highest BCUT2D eigenvalue weighted by Crippen LogP contribution is 2.24. The van der Waals surface area contributed by atoms with Crippen molar-refractivity contribution in [3.63, 3.8) is 0 Å². The van der Waals surface area contributed by atoms with Crippen molar-refractivity contribution in [2.24, 2.45) is 0 Å². The summed E-state index contributed by atoms with van der Waals surface area (Å²) in [5.74, 6) is -1.73. The van der Waals surface area contributed by atoms with Gasteiger partial charge in [0.25, 0.3) is 0 Å². The van der Waals surface area contributed by atoms with Crippen LogP contribution < -0.4 is 11.1 Å². The van der Waals surface area contributed by atoms with Gasteiger partial charge in [-0.05, 0) is 38.8 Å². The third-order valence-electron chi connectivity index (χ3n) is 5.05. The van der Waals surface area contributed by atoms with Crippen molar-refractivity contribution in [1.29, 1.82) is 0 Å². The zero-order valence-corrected chi connectivity index (χ0v) is 18.0. The predicted octanol–water partition coefficient (Wildman–Crippen LogP) is 0.837. The number of esters is 1. The number of benzene rings is 1. The van der Waals surface area contributed by atoms with Crippen LogP contribution in [-0.4, -0.2) is 54.9 Å². The zero-order chi connectivity index (χ0) is 22.1. The van der Waals surface area contributed by atoms with Crippen LogP contribution in [0.4, 0.5) is 0 Å². The number of hydrogen-bond donors (Lipinski definition) is 1. The molecule has 0 saturated carbocycles. The van der Waals surface area contributed by atoms with Gasteiger partial charge in [0.15, 0.2) is 5.58 Å². The van der Waals surface area contributed by atoms with E-state index in [1.165, 1.54) is 48.0 Å². The van der Waals surface area contributed by atoms with Gasteiger partial charge in [-0.1, -0.05) is 0 Å². The molecule has 10 nitrogen and oxygen atoms in total. The van der Waals surface area contributed by atoms with Crippen LogP contribution in [0.5, 0.6) is 0 Å². The molecule has 0 unspecified atom stereocenters. The first kappa shape index (κ1) is 22.0. The summed E-state index contributed by atoms with van der Waals surface area (Å²) < 4.78 is 37.9. The molecule has 0 bridgehead atoms. The van der Waals surface area contributed by atoms with Gasteiger partial charge >= 0.3 is 11.7 Å². The molecule has 164 valence electrons. The molecule has 30 heavy (non-hydrogen) atoms. The summed E-state index contributed by atoms with van der Waals surface area (Å²) in [5, 5.41) is 2.55. The number of oxazole rings is 1. The number of carbonyl (C=O) groups is 2. The summed E-state index contributed by atoms with van der Waals surface area (Å²) in [6.45, 7) is 3.98. The van der Waals surface area contributed by atoms with Crippen LogP contribution in [0, 0.1) is 0 Å². The topological polar surface area (TPSA) is 128 Å². The fraction of sp³-hybridized carbons (Fsp3) is 0.526. The lowest BCUT2D eigenvalue weighted by Gasteiger charge is -2.23. The van der Waals surface area contributed by atoms with E-state index in [2.05, 4.69) is 10.1 Å². The van der Waals surface area contributed by atoms with Crippen LogP contribution in [0.25, 0.3) is 11.1 Å². The van der Waals surface area contributed by atoms with Gasteiger partial charge in [-0.2, -0.15) is 4.31 Å². The number of nitrogens with one attached hydrogen (secondary N) is 1. The lowest BCUT2D eigenvalue weighted by molar-refractivity contribution is -0.149. The average Bonchev–Trinajstić information content (AvgIpc) is 3.32. The summed E-state index contributed by atoms with van der Waals surface area (Å²) in [7, 11) is -2.41. The minimum atomic E-state index is -3.64. The highest BCUT2D eigenvalue weighted by atomic mass is 32.2. The lowest BCUT2D eigenvalue weighted by atomic mass is 10.1. The molecule has 1 fully saturated rings. The van der Waals surface area contributed by atoms with Gasteiger partial charge in [0, 0.05) is 32.1 Å². The summed E-state index contributed by atoms with van der Waals surface area (Å²) in [6.07, 6.45) is 1.56. The van der Waals surface area contributed by atoms with Crippen molar-refractivity contribution in [2.75, 3.05) is 20.2 Å². The minimum absolute atomic E-state index is 0.00708. The van der Waals surface area contributed by atoms with Crippen LogP contribution in [0.2, 0.25) is 0 Å². The third kappa shape index (κ3) is 4.26. The van der Waals surface area contributed by atoms with Crippen molar-refractivity contribution < 1.29 is 27.2 Å². The van der Waals surface area contributed by atoms with Gasteiger partial charge in [-0.3, -0.25) is 9.36 Å². The van der Waals surface area contributed by atoms with E-state index in [-0.39, 0.29) is 23.4 Å². The Morgan fingerprint density at radius 2 is 1.90 bits per heavy atom. The Balaban J connectivity index is 1.78. The van der Waals surface area contributed by atoms with Crippen molar-refractivity contribution in [3.05, 3.63) is 28.7 Å². The Bertz CT molecular complexity index is 1120. The first-order valence-electron chi connectivity index (χ1n) is 9.59. The Morgan fingerprint density at radius 3 is 2.53 bits per heavy atom. The number of carbonyl (C=O) groups excluding carboxylic acids is 2. The fourth-order valence-electron chi connectivity index (χ4n) is 3.43. The number of ether oxygens (including phenoxy) is 1. The number of sulfonamides is 1. The zero-order valence-electron chi connectivity index (χ0n) is 17.1. The van der Waals surface area contributed by atoms with Crippen LogP contribution in [0.3, 0.4) is 0 Å². The molecule has 1 saturated heterocycles. The molecular formula is C19H25N3O7S. The van der Waals surface area contributed by atoms with E-state index in [4.69, 9.17) is 4.42 Å². The van der Waals surface area contributed by atoms with Gasteiger partial charge in [0.1, 0.15) is 5.54 Å². The summed E-state index contributed by atoms with van der Waals surface area (Å²) in [6, 6.07) is 4.27. The first-order valence-corrected chi connectivity index (χ1v) is 11.0. The van der Waals surface area contributed by atoms with Crippen LogP contribution in [-0.2, 0) is 30.9 Å². The Labute approximate surface area is 173 Å². The molecular weight excluding hydrogens is 414 g/mol. The van der Waals surface area contributed by atoms with Gasteiger partial charge in [-0.25, -0.2) is 18.0 Å². The summed E-state index contributed by atoms with van der Waals surface area (Å²) >= 11 is 0.